The largest absolute Gasteiger partial charge is 0.481 e. The molecule has 2 aromatic carbocycles. The third-order valence-electron chi connectivity index (χ3n) is 6.02. The van der Waals surface area contributed by atoms with Crippen LogP contribution in [0.2, 0.25) is 0 Å². The number of carbonyl (C=O) groups is 1. The topological polar surface area (TPSA) is 70.3 Å². The summed E-state index contributed by atoms with van der Waals surface area (Å²) in [5.41, 5.74) is -1.72. The smallest absolute Gasteiger partial charge is 0.312 e. The second kappa shape index (κ2) is 7.85. The highest BCUT2D eigenvalue weighted by Crippen LogP contribution is 2.76. The zero-order chi connectivity index (χ0) is 21.4. The van der Waals surface area contributed by atoms with Crippen LogP contribution in [0.3, 0.4) is 0 Å². The number of carboxylic acid groups (broad SMARTS) is 1. The van der Waals surface area contributed by atoms with Gasteiger partial charge in [0.05, 0.1) is 17.4 Å². The predicted octanol–water partition coefficient (Wildman–Crippen LogP) is 6.15. The molecule has 1 aliphatic carbocycles. The number of hydrogen-bond acceptors (Lipinski definition) is 3. The molecule has 1 fully saturated rings. The normalized spacial score (nSPS) is 23.3. The van der Waals surface area contributed by atoms with Gasteiger partial charge >= 0.3 is 5.97 Å². The number of ether oxygens (including phenoxy) is 1. The monoisotopic (exact) mass is 435 g/mol. The van der Waals surface area contributed by atoms with E-state index in [0.717, 1.165) is 0 Å². The average Bonchev–Trinajstić information content (AvgIpc) is 3.14. The van der Waals surface area contributed by atoms with E-state index in [1.54, 1.807) is 44.2 Å². The molecular formula is C22H20Cl2FNO3. The van der Waals surface area contributed by atoms with Gasteiger partial charge in [-0.25, -0.2) is 4.39 Å². The summed E-state index contributed by atoms with van der Waals surface area (Å²) >= 11 is 11.8. The van der Waals surface area contributed by atoms with Crippen molar-refractivity contribution in [3.8, 4) is 17.6 Å². The second-order valence-electron chi connectivity index (χ2n) is 7.74. The number of para-hydroxylation sites is 1. The molecule has 1 aliphatic rings. The fourth-order valence-electron chi connectivity index (χ4n) is 4.52. The van der Waals surface area contributed by atoms with Gasteiger partial charge in [-0.15, -0.1) is 23.2 Å². The van der Waals surface area contributed by atoms with Crippen molar-refractivity contribution in [2.75, 3.05) is 0 Å². The lowest BCUT2D eigenvalue weighted by molar-refractivity contribution is -0.145. The Kier molecular flexibility index (Phi) is 5.80. The van der Waals surface area contributed by atoms with Crippen LogP contribution >= 0.6 is 23.2 Å². The van der Waals surface area contributed by atoms with E-state index in [2.05, 4.69) is 6.07 Å². The zero-order valence-electron chi connectivity index (χ0n) is 15.9. The van der Waals surface area contributed by atoms with Crippen molar-refractivity contribution >= 4 is 29.2 Å². The molecule has 3 rings (SSSR count). The number of nitriles is 1. The molecule has 3 atom stereocenters. The van der Waals surface area contributed by atoms with Crippen LogP contribution in [0.4, 0.5) is 4.39 Å². The van der Waals surface area contributed by atoms with Crippen LogP contribution in [-0.4, -0.2) is 15.9 Å². The van der Waals surface area contributed by atoms with E-state index in [9.17, 15) is 19.6 Å². The molecule has 0 bridgehead atoms. The molecule has 4 nitrogen and oxygen atoms in total. The quantitative estimate of drug-likeness (QED) is 0.529. The molecule has 0 saturated heterocycles. The molecule has 0 aliphatic heterocycles. The molecule has 3 unspecified atom stereocenters. The first-order chi connectivity index (χ1) is 13.7. The van der Waals surface area contributed by atoms with Crippen LogP contribution in [-0.2, 0) is 4.79 Å². The number of carboxylic acids is 1. The number of aliphatic carboxylic acids is 1. The summed E-state index contributed by atoms with van der Waals surface area (Å²) < 4.78 is 19.9. The fourth-order valence-corrected chi connectivity index (χ4v) is 4.87. The van der Waals surface area contributed by atoms with Gasteiger partial charge in [-0.3, -0.25) is 4.79 Å². The van der Waals surface area contributed by atoms with Crippen molar-refractivity contribution in [3.05, 3.63) is 59.9 Å². The van der Waals surface area contributed by atoms with Crippen molar-refractivity contribution in [1.29, 1.82) is 5.26 Å². The van der Waals surface area contributed by atoms with Crippen molar-refractivity contribution in [2.24, 2.45) is 16.7 Å². The first kappa shape index (κ1) is 21.4. The Morgan fingerprint density at radius 3 is 2.48 bits per heavy atom. The standard InChI is InChI=1S/C22H20Cl2FNO3/c1-21(2)18(11-19(23)24)22(21,20(27)28)15(12-26)13-8-9-16(25)17(10-13)29-14-6-4-3-5-7-14/h3-10,15,18-19H,11H2,1-2H3,(H,27,28). The van der Waals surface area contributed by atoms with Crippen LogP contribution in [0.15, 0.2) is 48.5 Å². The third kappa shape index (κ3) is 3.56. The Hall–Kier alpha value is -2.29. The highest BCUT2D eigenvalue weighted by atomic mass is 35.5. The van der Waals surface area contributed by atoms with E-state index < -0.39 is 39.3 Å². The molecule has 1 N–H and O–H groups in total. The number of hydrogen-bond donors (Lipinski definition) is 1. The van der Waals surface area contributed by atoms with Crippen LogP contribution in [0.25, 0.3) is 0 Å². The molecule has 29 heavy (non-hydrogen) atoms. The molecule has 0 radical (unpaired) electrons. The Morgan fingerprint density at radius 2 is 1.93 bits per heavy atom. The van der Waals surface area contributed by atoms with Crippen LogP contribution < -0.4 is 4.74 Å². The number of alkyl halides is 2. The van der Waals surface area contributed by atoms with E-state index in [0.29, 0.717) is 11.3 Å². The van der Waals surface area contributed by atoms with Crippen molar-refractivity contribution in [3.63, 3.8) is 0 Å². The van der Waals surface area contributed by atoms with E-state index in [-0.39, 0.29) is 12.2 Å². The lowest BCUT2D eigenvalue weighted by Crippen LogP contribution is -2.29. The maximum Gasteiger partial charge on any atom is 0.312 e. The van der Waals surface area contributed by atoms with Gasteiger partial charge in [0.2, 0.25) is 0 Å². The van der Waals surface area contributed by atoms with Crippen molar-refractivity contribution in [1.82, 2.24) is 0 Å². The molecule has 152 valence electrons. The van der Waals surface area contributed by atoms with Gasteiger partial charge < -0.3 is 9.84 Å². The van der Waals surface area contributed by atoms with Gasteiger partial charge in [0.25, 0.3) is 0 Å². The summed E-state index contributed by atoms with van der Waals surface area (Å²) in [6.07, 6.45) is 0.245. The molecule has 7 heteroatoms. The Bertz CT molecular complexity index is 958. The third-order valence-corrected chi connectivity index (χ3v) is 6.37. The second-order valence-corrected chi connectivity index (χ2v) is 9.02. The van der Waals surface area contributed by atoms with E-state index in [1.165, 1.54) is 18.2 Å². The first-order valence-corrected chi connectivity index (χ1v) is 9.97. The highest BCUT2D eigenvalue weighted by Gasteiger charge is 2.79. The first-order valence-electron chi connectivity index (χ1n) is 9.09. The van der Waals surface area contributed by atoms with Crippen LogP contribution in [0.1, 0.15) is 31.7 Å². The van der Waals surface area contributed by atoms with Crippen LogP contribution in [0, 0.1) is 33.9 Å². The summed E-state index contributed by atoms with van der Waals surface area (Å²) in [5, 5.41) is 20.0. The maximum atomic E-state index is 14.3. The minimum atomic E-state index is -1.38. The van der Waals surface area contributed by atoms with Gasteiger partial charge in [0.15, 0.2) is 11.6 Å². The Labute approximate surface area is 178 Å². The van der Waals surface area contributed by atoms with Gasteiger partial charge in [-0.05, 0) is 47.6 Å². The molecular weight excluding hydrogens is 416 g/mol. The van der Waals surface area contributed by atoms with Crippen molar-refractivity contribution in [2.45, 2.75) is 31.0 Å². The summed E-state index contributed by atoms with van der Waals surface area (Å²) in [5.74, 6) is -2.76. The summed E-state index contributed by atoms with van der Waals surface area (Å²) in [4.78, 5) is 11.6. The minimum Gasteiger partial charge on any atom is -0.481 e. The maximum absolute atomic E-state index is 14.3. The molecule has 0 amide bonds. The van der Waals surface area contributed by atoms with Gasteiger partial charge in [-0.2, -0.15) is 5.26 Å². The highest BCUT2D eigenvalue weighted by molar-refractivity contribution is 6.44. The number of halogens is 3. The average molecular weight is 436 g/mol. The van der Waals surface area contributed by atoms with Gasteiger partial charge in [0.1, 0.15) is 10.6 Å². The Balaban J connectivity index is 2.03. The predicted molar refractivity (Wildman–Crippen MR) is 109 cm³/mol. The summed E-state index contributed by atoms with van der Waals surface area (Å²) in [7, 11) is 0. The van der Waals surface area contributed by atoms with Gasteiger partial charge in [0, 0.05) is 0 Å². The lowest BCUT2D eigenvalue weighted by atomic mass is 9.78. The van der Waals surface area contributed by atoms with Gasteiger partial charge in [-0.1, -0.05) is 38.1 Å². The summed E-state index contributed by atoms with van der Waals surface area (Å²) in [6.45, 7) is 3.58. The fraction of sp³-hybridized carbons (Fsp3) is 0.364. The molecule has 1 saturated carbocycles. The lowest BCUT2D eigenvalue weighted by Gasteiger charge is -2.23. The van der Waals surface area contributed by atoms with E-state index in [4.69, 9.17) is 27.9 Å². The SMILES string of the molecule is CC1(C)C(CC(Cl)Cl)C1(C(=O)O)C(C#N)c1ccc(F)c(Oc2ccccc2)c1. The minimum absolute atomic E-state index is 0.0722. The molecule has 0 aromatic heterocycles. The molecule has 0 heterocycles. The Morgan fingerprint density at radius 1 is 1.28 bits per heavy atom. The van der Waals surface area contributed by atoms with E-state index in [1.807, 2.05) is 0 Å². The number of nitrogens with zero attached hydrogens (tertiary/aromatic N) is 1. The van der Waals surface area contributed by atoms with Crippen LogP contribution in [0.5, 0.6) is 11.5 Å². The number of rotatable bonds is 7. The number of benzene rings is 2. The molecule has 0 spiro atoms. The van der Waals surface area contributed by atoms with Crippen molar-refractivity contribution < 1.29 is 19.0 Å². The zero-order valence-corrected chi connectivity index (χ0v) is 17.4. The molecule has 2 aromatic rings. The van der Waals surface area contributed by atoms with E-state index >= 15 is 0 Å². The summed E-state index contributed by atoms with van der Waals surface area (Å²) in [6, 6.07) is 14.8.